The third-order valence-corrected chi connectivity index (χ3v) is 5.42. The Bertz CT molecular complexity index is 746. The molecule has 5 nitrogen and oxygen atoms in total. The monoisotopic (exact) mass is 412 g/mol. The number of benzene rings is 2. The van der Waals surface area contributed by atoms with Crippen molar-refractivity contribution in [2.75, 3.05) is 27.9 Å². The van der Waals surface area contributed by atoms with Crippen LogP contribution in [0.3, 0.4) is 0 Å². The number of rotatable bonds is 12. The maximum absolute atomic E-state index is 12.9. The molecule has 0 aliphatic heterocycles. The van der Waals surface area contributed by atoms with E-state index in [0.717, 1.165) is 24.1 Å². The normalized spacial score (nSPS) is 10.5. The Balaban J connectivity index is 0.00000420. The molecule has 0 N–H and O–H groups in total. The Morgan fingerprint density at radius 1 is 0.897 bits per heavy atom. The van der Waals surface area contributed by atoms with E-state index in [1.165, 1.54) is 33.5 Å². The Morgan fingerprint density at radius 2 is 1.52 bits per heavy atom. The van der Waals surface area contributed by atoms with Crippen molar-refractivity contribution in [1.29, 1.82) is 0 Å². The second-order valence-corrected chi connectivity index (χ2v) is 7.58. The maximum atomic E-state index is 12.9. The number of carbonyl (C=O) groups excluding carboxylic acids is 1. The van der Waals surface area contributed by atoms with Gasteiger partial charge in [0, 0.05) is 12.1 Å². The van der Waals surface area contributed by atoms with Crippen molar-refractivity contribution < 1.29 is 44.0 Å². The van der Waals surface area contributed by atoms with E-state index in [1.807, 2.05) is 24.3 Å². The third-order valence-electron chi connectivity index (χ3n) is 4.32. The molecule has 2 rings (SSSR count). The van der Waals surface area contributed by atoms with Crippen LogP contribution < -0.4 is 43.1 Å². The van der Waals surface area contributed by atoms with Crippen molar-refractivity contribution in [1.82, 2.24) is 0 Å². The number of unbranched alkanes of at least 4 members (excludes halogenated alkanes) is 3. The summed E-state index contributed by atoms with van der Waals surface area (Å²) >= 11 is 0. The molecule has 0 radical (unpaired) electrons. The van der Waals surface area contributed by atoms with E-state index < -0.39 is 0 Å². The van der Waals surface area contributed by atoms with Crippen molar-refractivity contribution in [3.63, 3.8) is 0 Å². The van der Waals surface area contributed by atoms with E-state index in [0.29, 0.717) is 22.8 Å². The molecule has 0 saturated heterocycles. The fraction of sp³-hybridized carbons (Fsp3) is 0.409. The molecule has 1 atom stereocenters. The number of hydrogen-bond acceptors (Lipinski definition) is 5. The predicted octanol–water partition coefficient (Wildman–Crippen LogP) is 1.93. The summed E-state index contributed by atoms with van der Waals surface area (Å²) in [5.74, 6) is 2.30. The quantitative estimate of drug-likeness (QED) is 0.303. The van der Waals surface area contributed by atoms with Crippen LogP contribution in [0, 0.1) is 0 Å². The molecule has 0 aliphatic rings. The summed E-state index contributed by atoms with van der Waals surface area (Å²) in [5, 5.41) is 0.934. The first-order valence-electron chi connectivity index (χ1n) is 9.47. The maximum Gasteiger partial charge on any atom is 1.00 e. The summed E-state index contributed by atoms with van der Waals surface area (Å²) in [6.45, 7) is 2.92. The third kappa shape index (κ3) is 7.59. The van der Waals surface area contributed by atoms with Crippen LogP contribution in [-0.4, -0.2) is 33.5 Å². The van der Waals surface area contributed by atoms with Gasteiger partial charge in [-0.3, -0.25) is 4.79 Å². The summed E-state index contributed by atoms with van der Waals surface area (Å²) in [6, 6.07) is 11.1. The zero-order valence-corrected chi connectivity index (χ0v) is 19.0. The van der Waals surface area contributed by atoms with Gasteiger partial charge in [0.15, 0.2) is 5.52 Å². The van der Waals surface area contributed by atoms with Crippen LogP contribution in [0.2, 0.25) is 0 Å². The van der Waals surface area contributed by atoms with Gasteiger partial charge in [-0.1, -0.05) is 38.3 Å². The van der Waals surface area contributed by atoms with E-state index in [-0.39, 0.29) is 34.4 Å². The molecule has 2 aromatic carbocycles. The van der Waals surface area contributed by atoms with E-state index >= 15 is 0 Å². The van der Waals surface area contributed by atoms with Gasteiger partial charge in [-0.05, 0) is 32.4 Å². The molecule has 0 fully saturated rings. The molecule has 1 unspecified atom stereocenters. The van der Waals surface area contributed by atoms with E-state index in [9.17, 15) is 4.79 Å². The molecular weight excluding hydrogens is 382 g/mol. The molecular formula is C22H30LiO5P. The molecule has 0 aromatic heterocycles. The smallest absolute Gasteiger partial charge is 1.00 e. The summed E-state index contributed by atoms with van der Waals surface area (Å²) in [5.41, 5.74) is 0.380. The van der Waals surface area contributed by atoms with Gasteiger partial charge in [-0.2, -0.15) is 0 Å². The van der Waals surface area contributed by atoms with Gasteiger partial charge in [0.05, 0.1) is 27.9 Å². The number of methoxy groups -OCH3 is 3. The van der Waals surface area contributed by atoms with Gasteiger partial charge in [0.2, 0.25) is 0 Å². The summed E-state index contributed by atoms with van der Waals surface area (Å²) < 4.78 is 21.8. The van der Waals surface area contributed by atoms with Crippen LogP contribution in [0.25, 0.3) is 0 Å². The van der Waals surface area contributed by atoms with Crippen molar-refractivity contribution in [2.45, 2.75) is 32.6 Å². The summed E-state index contributed by atoms with van der Waals surface area (Å²) in [4.78, 5) is 12.9. The molecule has 0 aliphatic carbocycles. The first-order chi connectivity index (χ1) is 13.6. The zero-order chi connectivity index (χ0) is 20.4. The SMILES string of the molecule is CCCCCCOc1ccc(PC(=O)c2c(OC)cc(OC)cc2OC)cc1.[H-].[Li+]. The fourth-order valence-corrected chi connectivity index (χ4v) is 3.74. The van der Waals surface area contributed by atoms with Gasteiger partial charge in [0.1, 0.15) is 28.6 Å². The van der Waals surface area contributed by atoms with Gasteiger partial charge in [0.25, 0.3) is 0 Å². The molecule has 29 heavy (non-hydrogen) atoms. The number of ether oxygens (including phenoxy) is 4. The van der Waals surface area contributed by atoms with Crippen LogP contribution in [0.4, 0.5) is 0 Å². The van der Waals surface area contributed by atoms with Crippen LogP contribution in [0.5, 0.6) is 23.0 Å². The van der Waals surface area contributed by atoms with Crippen molar-refractivity contribution in [3.05, 3.63) is 42.0 Å². The van der Waals surface area contributed by atoms with E-state index in [2.05, 4.69) is 6.92 Å². The molecule has 0 saturated carbocycles. The van der Waals surface area contributed by atoms with Crippen LogP contribution in [-0.2, 0) is 0 Å². The van der Waals surface area contributed by atoms with Gasteiger partial charge in [-0.15, -0.1) is 0 Å². The first kappa shape index (κ1) is 25.4. The van der Waals surface area contributed by atoms with Crippen molar-refractivity contribution in [3.8, 4) is 23.0 Å². The standard InChI is InChI=1S/C22H29O5P.Li.H/c1-5-6-7-8-13-27-16-9-11-18(12-10-16)28-22(23)21-19(25-3)14-17(24-2)15-20(21)26-4;;/h9-12,14-15,28H,5-8,13H2,1-4H3;;/q;+1;-1. The largest absolute Gasteiger partial charge is 1.00 e. The van der Waals surface area contributed by atoms with Crippen LogP contribution >= 0.6 is 8.58 Å². The number of hydrogen-bond donors (Lipinski definition) is 0. The Kier molecular flexibility index (Phi) is 11.8. The summed E-state index contributed by atoms with van der Waals surface area (Å²) in [7, 11) is 4.57. The Labute approximate surface area is 188 Å². The van der Waals surface area contributed by atoms with Crippen LogP contribution in [0.15, 0.2) is 36.4 Å². The minimum Gasteiger partial charge on any atom is -1.00 e. The van der Waals surface area contributed by atoms with Gasteiger partial charge >= 0.3 is 18.9 Å². The minimum absolute atomic E-state index is 0. The second-order valence-electron chi connectivity index (χ2n) is 6.29. The predicted molar refractivity (Wildman–Crippen MR) is 116 cm³/mol. The Hall–Kier alpha value is -1.66. The summed E-state index contributed by atoms with van der Waals surface area (Å²) in [6.07, 6.45) is 4.71. The topological polar surface area (TPSA) is 54.0 Å². The van der Waals surface area contributed by atoms with E-state index in [1.54, 1.807) is 19.2 Å². The van der Waals surface area contributed by atoms with Gasteiger partial charge in [-0.25, -0.2) is 0 Å². The average molecular weight is 412 g/mol. The van der Waals surface area contributed by atoms with Gasteiger partial charge < -0.3 is 20.4 Å². The first-order valence-corrected chi connectivity index (χ1v) is 10.5. The minimum atomic E-state index is -0.0513. The molecule has 0 amide bonds. The molecule has 0 bridgehead atoms. The second kappa shape index (κ2) is 13.5. The molecule has 154 valence electrons. The average Bonchev–Trinajstić information content (AvgIpc) is 2.73. The zero-order valence-electron chi connectivity index (χ0n) is 19.0. The fourth-order valence-electron chi connectivity index (χ4n) is 2.78. The molecule has 0 heterocycles. The Morgan fingerprint density at radius 3 is 2.03 bits per heavy atom. The molecule has 2 aromatic rings. The van der Waals surface area contributed by atoms with Crippen molar-refractivity contribution in [2.24, 2.45) is 0 Å². The van der Waals surface area contributed by atoms with E-state index in [4.69, 9.17) is 18.9 Å². The van der Waals surface area contributed by atoms with Crippen LogP contribution in [0.1, 0.15) is 44.4 Å². The molecule has 0 spiro atoms. The number of carbonyl (C=O) groups is 1. The van der Waals surface area contributed by atoms with Crippen molar-refractivity contribution >= 4 is 19.4 Å². The molecule has 7 heteroatoms.